The van der Waals surface area contributed by atoms with Crippen molar-refractivity contribution in [3.05, 3.63) is 23.0 Å². The molecule has 0 aromatic carbocycles. The minimum atomic E-state index is 1.06. The molecular weight excluding hydrogens is 581 g/mol. The molecule has 0 spiro atoms. The van der Waals surface area contributed by atoms with Crippen LogP contribution < -0.4 is 0 Å². The Labute approximate surface area is 281 Å². The Kier molecular flexibility index (Phi) is 32.8. The molecule has 1 rings (SSSR count). The van der Waals surface area contributed by atoms with Crippen LogP contribution in [0.3, 0.4) is 0 Å². The molecule has 0 radical (unpaired) electrons. The quantitative estimate of drug-likeness (QED) is 0.0547. The van der Waals surface area contributed by atoms with Crippen molar-refractivity contribution in [3.63, 3.8) is 0 Å². The Morgan fingerprint density at radius 2 is 0.651 bits per heavy atom. The highest BCUT2D eigenvalue weighted by Crippen LogP contribution is 2.30. The predicted molar refractivity (Wildman–Crippen MR) is 200 cm³/mol. The van der Waals surface area contributed by atoms with Gasteiger partial charge in [0.1, 0.15) is 0 Å². The van der Waals surface area contributed by atoms with Crippen LogP contribution in [0.1, 0.15) is 206 Å². The lowest BCUT2D eigenvalue weighted by Gasteiger charge is -2.02. The largest absolute Gasteiger partial charge is 0.179 e. The van der Waals surface area contributed by atoms with Gasteiger partial charge in [0.25, 0.3) is 0 Å². The van der Waals surface area contributed by atoms with Crippen LogP contribution in [0.2, 0.25) is 0 Å². The van der Waals surface area contributed by atoms with E-state index in [0.29, 0.717) is 0 Å². The molecule has 5 heteroatoms. The van der Waals surface area contributed by atoms with Gasteiger partial charge < -0.3 is 0 Å². The molecule has 0 aliphatic heterocycles. The zero-order valence-corrected chi connectivity index (χ0v) is 31.1. The number of allylic oxidation sites excluding steroid dienone is 2. The van der Waals surface area contributed by atoms with Gasteiger partial charge in [0.15, 0.2) is 8.68 Å². The predicted octanol–water partition coefficient (Wildman–Crippen LogP) is 15.5. The third-order valence-corrected chi connectivity index (χ3v) is 11.2. The van der Waals surface area contributed by atoms with Crippen molar-refractivity contribution < 1.29 is 0 Å². The van der Waals surface area contributed by atoms with Crippen LogP contribution in [0, 0.1) is 0 Å². The number of rotatable bonds is 34. The number of aromatic nitrogens is 2. The molecule has 1 aromatic heterocycles. The topological polar surface area (TPSA) is 25.8 Å². The van der Waals surface area contributed by atoms with E-state index in [4.69, 9.17) is 0 Å². The molecule has 0 saturated carbocycles. The Bertz CT molecular complexity index is 672. The molecule has 43 heavy (non-hydrogen) atoms. The fraction of sp³-hybridized carbons (Fsp3) is 0.842. The summed E-state index contributed by atoms with van der Waals surface area (Å²) in [7, 11) is 0. The Morgan fingerprint density at radius 1 is 0.395 bits per heavy atom. The van der Waals surface area contributed by atoms with Crippen molar-refractivity contribution in [2.45, 2.75) is 215 Å². The smallest absolute Gasteiger partial charge is 0.130 e. The van der Waals surface area contributed by atoms with Gasteiger partial charge in [-0.25, -0.2) is 0 Å². The summed E-state index contributed by atoms with van der Waals surface area (Å²) < 4.78 is 2.11. The first-order valence-corrected chi connectivity index (χ1v) is 21.4. The first-order chi connectivity index (χ1) is 21.4. The number of hydrogen-bond acceptors (Lipinski definition) is 5. The van der Waals surface area contributed by atoms with Gasteiger partial charge in [-0.1, -0.05) is 228 Å². The number of nitrogens with zero attached hydrogens (tertiary/aromatic N) is 2. The fourth-order valence-electron chi connectivity index (χ4n) is 5.55. The lowest BCUT2D eigenvalue weighted by molar-refractivity contribution is 0.536. The van der Waals surface area contributed by atoms with Crippen molar-refractivity contribution in [2.75, 3.05) is 0 Å². The lowest BCUT2D eigenvalue weighted by atomic mass is 10.0. The molecular formula is C38H70N2S3. The second-order valence-electron chi connectivity index (χ2n) is 12.6. The van der Waals surface area contributed by atoms with Crippen molar-refractivity contribution in [3.8, 4) is 0 Å². The second kappa shape index (κ2) is 34.6. The van der Waals surface area contributed by atoms with Crippen LogP contribution in [-0.4, -0.2) is 10.2 Å². The van der Waals surface area contributed by atoms with Gasteiger partial charge in [-0.15, -0.1) is 10.2 Å². The monoisotopic (exact) mass is 650 g/mol. The van der Waals surface area contributed by atoms with Crippen LogP contribution in [0.25, 0.3) is 0 Å². The Balaban J connectivity index is 1.84. The minimum absolute atomic E-state index is 1.06. The molecule has 0 bridgehead atoms. The van der Waals surface area contributed by atoms with Gasteiger partial charge in [0.05, 0.1) is 0 Å². The summed E-state index contributed by atoms with van der Waals surface area (Å²) in [6, 6.07) is 0. The van der Waals surface area contributed by atoms with E-state index in [1.54, 1.807) is 34.9 Å². The van der Waals surface area contributed by atoms with Gasteiger partial charge in [0, 0.05) is 0 Å². The summed E-state index contributed by atoms with van der Waals surface area (Å²) in [4.78, 5) is 0. The first kappa shape index (κ1) is 40.8. The normalized spacial score (nSPS) is 12.0. The van der Waals surface area contributed by atoms with Crippen molar-refractivity contribution in [2.24, 2.45) is 0 Å². The summed E-state index contributed by atoms with van der Waals surface area (Å²) in [5, 5.41) is 13.1. The number of thioether (sulfide) groups is 2. The molecule has 0 aliphatic carbocycles. The summed E-state index contributed by atoms with van der Waals surface area (Å²) in [6.07, 6.45) is 46.9. The zero-order chi connectivity index (χ0) is 30.7. The van der Waals surface area contributed by atoms with Gasteiger partial charge >= 0.3 is 0 Å². The van der Waals surface area contributed by atoms with Crippen LogP contribution in [-0.2, 0) is 0 Å². The molecule has 250 valence electrons. The summed E-state index contributed by atoms with van der Waals surface area (Å²) >= 11 is 5.15. The van der Waals surface area contributed by atoms with Gasteiger partial charge in [-0.2, -0.15) is 0 Å². The van der Waals surface area contributed by atoms with Gasteiger partial charge in [-0.3, -0.25) is 0 Å². The van der Waals surface area contributed by atoms with E-state index >= 15 is 0 Å². The van der Waals surface area contributed by atoms with Gasteiger partial charge in [-0.05, 0) is 36.5 Å². The van der Waals surface area contributed by atoms with Gasteiger partial charge in [0.2, 0.25) is 0 Å². The second-order valence-corrected chi connectivity index (χ2v) is 15.9. The molecule has 0 unspecified atom stereocenters. The number of unbranched alkanes of at least 4 members (excludes halogenated alkanes) is 28. The molecule has 2 nitrogen and oxygen atoms in total. The molecule has 1 heterocycles. The third kappa shape index (κ3) is 30.2. The van der Waals surface area contributed by atoms with E-state index in [0.717, 1.165) is 8.68 Å². The lowest BCUT2D eigenvalue weighted by Crippen LogP contribution is -1.83. The van der Waals surface area contributed by atoms with E-state index in [2.05, 4.69) is 47.0 Å². The van der Waals surface area contributed by atoms with Crippen LogP contribution in [0.4, 0.5) is 0 Å². The summed E-state index contributed by atoms with van der Waals surface area (Å²) in [6.45, 7) is 4.60. The standard InChI is InChI=1S/C38H70N2S3/c1-3-5-7-9-11-13-15-17-19-21-23-25-27-29-31-33-35-41-37-39-40-38(43-37)42-36-34-32-30-28-26-24-22-20-18-16-14-12-10-8-6-4-2/h33-36H,3-32H2,1-2H3/b35-33+,36-34+. The van der Waals surface area contributed by atoms with Crippen molar-refractivity contribution in [1.82, 2.24) is 10.2 Å². The molecule has 0 atom stereocenters. The average molecular weight is 651 g/mol. The maximum absolute atomic E-state index is 4.35. The SMILES string of the molecule is CCCCCCCCCCCCCCCC/C=C/Sc1nnc(S/C=C/CCCCCCCCCCCCCCCC)s1. The third-order valence-electron chi connectivity index (χ3n) is 8.37. The fourth-order valence-corrected chi connectivity index (χ4v) is 8.09. The minimum Gasteiger partial charge on any atom is -0.130 e. The first-order valence-electron chi connectivity index (χ1n) is 18.8. The van der Waals surface area contributed by atoms with Crippen LogP contribution in [0.15, 0.2) is 31.6 Å². The highest BCUT2D eigenvalue weighted by Gasteiger charge is 2.02. The van der Waals surface area contributed by atoms with Crippen molar-refractivity contribution >= 4 is 34.9 Å². The maximum atomic E-state index is 4.35. The molecule has 0 amide bonds. The zero-order valence-electron chi connectivity index (χ0n) is 28.6. The summed E-state index contributed by atoms with van der Waals surface area (Å²) in [5.74, 6) is 0. The Morgan fingerprint density at radius 3 is 0.930 bits per heavy atom. The van der Waals surface area contributed by atoms with E-state index in [9.17, 15) is 0 Å². The highest BCUT2D eigenvalue weighted by molar-refractivity contribution is 8.05. The molecule has 0 fully saturated rings. The van der Waals surface area contributed by atoms with Crippen molar-refractivity contribution in [1.29, 1.82) is 0 Å². The Hall–Kier alpha value is -0.260. The molecule has 1 aromatic rings. The molecule has 0 aliphatic rings. The number of hydrogen-bond donors (Lipinski definition) is 0. The van der Waals surface area contributed by atoms with E-state index in [1.807, 2.05) is 0 Å². The average Bonchev–Trinajstić information content (AvgIpc) is 3.47. The molecule has 0 N–H and O–H groups in total. The maximum Gasteiger partial charge on any atom is 0.179 e. The van der Waals surface area contributed by atoms with Crippen LogP contribution >= 0.6 is 34.9 Å². The summed E-state index contributed by atoms with van der Waals surface area (Å²) in [5.41, 5.74) is 0. The highest BCUT2D eigenvalue weighted by atomic mass is 32.2. The van der Waals surface area contributed by atoms with E-state index in [1.165, 1.54) is 193 Å². The van der Waals surface area contributed by atoms with E-state index in [-0.39, 0.29) is 0 Å². The van der Waals surface area contributed by atoms with Crippen LogP contribution in [0.5, 0.6) is 0 Å². The molecule has 0 saturated heterocycles. The van der Waals surface area contributed by atoms with E-state index < -0.39 is 0 Å².